The lowest BCUT2D eigenvalue weighted by atomic mass is 9.89. The Hall–Kier alpha value is -8.17. The third kappa shape index (κ3) is 6.30. The molecule has 2 heterocycles. The van der Waals surface area contributed by atoms with E-state index in [2.05, 4.69) is 261 Å². The van der Waals surface area contributed by atoms with Crippen molar-refractivity contribution in [1.82, 2.24) is 0 Å². The van der Waals surface area contributed by atoms with Crippen LogP contribution in [0, 0.1) is 0 Å². The van der Waals surface area contributed by atoms with Gasteiger partial charge >= 0.3 is 0 Å². The molecule has 2 aromatic heterocycles. The number of hydrogen-bond acceptors (Lipinski definition) is 4. The highest BCUT2D eigenvalue weighted by Crippen LogP contribution is 2.64. The van der Waals surface area contributed by atoms with Crippen LogP contribution in [0.2, 0.25) is 39.3 Å². The van der Waals surface area contributed by atoms with Crippen LogP contribution >= 0.6 is 0 Å². The molecule has 14 rings (SSSR count). The molecule has 73 heavy (non-hydrogen) atoms. The molecule has 0 amide bonds. The lowest BCUT2D eigenvalue weighted by Crippen LogP contribution is -2.63. The summed E-state index contributed by atoms with van der Waals surface area (Å²) in [5.41, 5.74) is 16.1. The minimum absolute atomic E-state index is 0.202. The van der Waals surface area contributed by atoms with Crippen LogP contribution in [0.25, 0.3) is 87.3 Å². The van der Waals surface area contributed by atoms with E-state index in [-0.39, 0.29) is 4.66 Å². The topological polar surface area (TPSA) is 32.8 Å². The molecule has 0 unspecified atom stereocenters. The van der Waals surface area contributed by atoms with Crippen molar-refractivity contribution in [1.29, 1.82) is 0 Å². The fourth-order valence-electron chi connectivity index (χ4n) is 13.6. The summed E-state index contributed by atoms with van der Waals surface area (Å²) < 4.78 is 12.6. The van der Waals surface area contributed by atoms with Crippen LogP contribution in [0.4, 0.5) is 34.1 Å². The van der Waals surface area contributed by atoms with Gasteiger partial charge in [-0.25, -0.2) is 0 Å². The third-order valence-electron chi connectivity index (χ3n) is 16.1. The maximum atomic E-state index is 6.41. The Morgan fingerprint density at radius 3 is 1.26 bits per heavy atom. The summed E-state index contributed by atoms with van der Waals surface area (Å²) in [5, 5.41) is 12.2. The van der Waals surface area contributed by atoms with Crippen molar-refractivity contribution < 1.29 is 8.83 Å². The van der Waals surface area contributed by atoms with Gasteiger partial charge in [-0.1, -0.05) is 167 Å². The van der Waals surface area contributed by atoms with E-state index in [4.69, 9.17) is 8.83 Å². The van der Waals surface area contributed by atoms with Crippen molar-refractivity contribution in [2.45, 2.75) is 43.9 Å². The molecule has 0 fully saturated rings. The summed E-state index contributed by atoms with van der Waals surface area (Å²) in [6, 6.07) is 80.4. The van der Waals surface area contributed by atoms with Gasteiger partial charge in [0.2, 0.25) is 0 Å². The number of fused-ring (bicyclic) bond motifs is 16. The molecule has 0 bridgehead atoms. The molecule has 11 aromatic carbocycles. The highest BCUT2D eigenvalue weighted by molar-refractivity contribution is 7.00. The number of hydrogen-bond donors (Lipinski definition) is 0. The van der Waals surface area contributed by atoms with Gasteiger partial charge in [-0.15, -0.1) is 0 Å². The SMILES string of the molecule is C[Si](C)(C)C1([Si](C)(C)C)c2cc(N(c3ccccc3)c3ccc4oc5ccccc5c4c3)c3ccccc3c2-c2c1c1ccc(N(c3ccccc3)c3ccc4oc5ccccc5c4c3)cc1c1ccccc21. The van der Waals surface area contributed by atoms with E-state index in [9.17, 15) is 0 Å². The Morgan fingerprint density at radius 2 is 0.712 bits per heavy atom. The fraction of sp³-hybridized carbons (Fsp3) is 0.104. The van der Waals surface area contributed by atoms with Crippen LogP contribution in [-0.4, -0.2) is 16.1 Å². The van der Waals surface area contributed by atoms with Crippen LogP contribution in [0.3, 0.4) is 0 Å². The monoisotopic (exact) mass is 974 g/mol. The van der Waals surface area contributed by atoms with Crippen LogP contribution in [0.5, 0.6) is 0 Å². The van der Waals surface area contributed by atoms with Gasteiger partial charge in [0.1, 0.15) is 22.3 Å². The van der Waals surface area contributed by atoms with Gasteiger partial charge in [-0.2, -0.15) is 0 Å². The molecule has 0 atom stereocenters. The fourth-order valence-corrected chi connectivity index (χ4v) is 26.7. The number of nitrogens with zero attached hydrogens (tertiary/aromatic N) is 2. The van der Waals surface area contributed by atoms with Crippen molar-refractivity contribution in [2.24, 2.45) is 0 Å². The Morgan fingerprint density at radius 1 is 0.301 bits per heavy atom. The zero-order valence-electron chi connectivity index (χ0n) is 42.0. The minimum Gasteiger partial charge on any atom is -0.456 e. The summed E-state index contributed by atoms with van der Waals surface area (Å²) in [6.45, 7) is 15.9. The first kappa shape index (κ1) is 43.6. The lowest BCUT2D eigenvalue weighted by Gasteiger charge is -2.52. The largest absolute Gasteiger partial charge is 0.456 e. The molecular weight excluding hydrogens is 921 g/mol. The van der Waals surface area contributed by atoms with E-state index < -0.39 is 16.1 Å². The first-order chi connectivity index (χ1) is 35.5. The maximum absolute atomic E-state index is 6.41. The molecule has 352 valence electrons. The average Bonchev–Trinajstić information content (AvgIpc) is 4.10. The molecule has 13 aromatic rings. The van der Waals surface area contributed by atoms with Crippen molar-refractivity contribution in [3.05, 3.63) is 230 Å². The summed E-state index contributed by atoms with van der Waals surface area (Å²) in [5.74, 6) is 0. The van der Waals surface area contributed by atoms with Crippen LogP contribution in [0.15, 0.2) is 227 Å². The average molecular weight is 975 g/mol. The summed E-state index contributed by atoms with van der Waals surface area (Å²) in [4.78, 5) is 4.93. The molecule has 0 saturated carbocycles. The molecule has 1 aliphatic rings. The van der Waals surface area contributed by atoms with E-state index in [1.54, 1.807) is 0 Å². The van der Waals surface area contributed by atoms with E-state index in [1.165, 1.54) is 60.3 Å². The molecular formula is C67H54N2O2Si2. The van der Waals surface area contributed by atoms with E-state index in [0.29, 0.717) is 0 Å². The van der Waals surface area contributed by atoms with Gasteiger partial charge in [-0.3, -0.25) is 0 Å². The predicted molar refractivity (Wildman–Crippen MR) is 316 cm³/mol. The van der Waals surface area contributed by atoms with Crippen molar-refractivity contribution in [2.75, 3.05) is 9.80 Å². The number of anilines is 6. The van der Waals surface area contributed by atoms with Gasteiger partial charge in [0, 0.05) is 60.0 Å². The van der Waals surface area contributed by atoms with Crippen molar-refractivity contribution in [3.63, 3.8) is 0 Å². The number of rotatable bonds is 8. The maximum Gasteiger partial charge on any atom is 0.135 e. The first-order valence-electron chi connectivity index (χ1n) is 25.6. The zero-order valence-corrected chi connectivity index (χ0v) is 44.0. The standard InChI is InChI=1S/C67H54N2O2Si2/c1-72(2,3)67(73(4,5)6)58-42-59(69(44-23-11-8-12-24-44)47-35-38-63-57(41-47)51-28-18-20-32-61(51)71-63)49-26-14-16-30-53(49)64(58)65-52-29-15-13-25-48(52)55-39-45(33-36-54(55)66(65)67)68(43-21-9-7-10-22-43)46-34-37-62-56(40-46)50-27-17-19-31-60(50)70-62/h7-42H,1-6H3. The smallest absolute Gasteiger partial charge is 0.135 e. The summed E-state index contributed by atoms with van der Waals surface area (Å²) in [7, 11) is -4.50. The Kier molecular flexibility index (Phi) is 9.51. The normalized spacial score (nSPS) is 13.5. The number of para-hydroxylation sites is 4. The van der Waals surface area contributed by atoms with Gasteiger partial charge in [0.05, 0.1) is 21.8 Å². The quantitative estimate of drug-likeness (QED) is 0.112. The number of furan rings is 2. The van der Waals surface area contributed by atoms with Crippen molar-refractivity contribution in [3.8, 4) is 11.1 Å². The second-order valence-electron chi connectivity index (χ2n) is 22.0. The Balaban J connectivity index is 1.07. The Labute approximate surface area is 427 Å². The van der Waals surface area contributed by atoms with Crippen LogP contribution in [0.1, 0.15) is 11.1 Å². The molecule has 1 aliphatic carbocycles. The molecule has 0 aliphatic heterocycles. The highest BCUT2D eigenvalue weighted by Gasteiger charge is 2.60. The molecule has 0 spiro atoms. The van der Waals surface area contributed by atoms with E-state index in [1.807, 2.05) is 6.07 Å². The second-order valence-corrected chi connectivity index (χ2v) is 33.0. The zero-order chi connectivity index (χ0) is 49.4. The third-order valence-corrected chi connectivity index (χ3v) is 26.1. The van der Waals surface area contributed by atoms with Crippen molar-refractivity contribution >= 4 is 126 Å². The summed E-state index contributed by atoms with van der Waals surface area (Å²) >= 11 is 0. The lowest BCUT2D eigenvalue weighted by molar-refractivity contribution is 0.668. The Bertz CT molecular complexity index is 4360. The molecule has 0 saturated heterocycles. The van der Waals surface area contributed by atoms with E-state index >= 15 is 0 Å². The van der Waals surface area contributed by atoms with Gasteiger partial charge in [0.15, 0.2) is 0 Å². The predicted octanol–water partition coefficient (Wildman–Crippen LogP) is 19.9. The van der Waals surface area contributed by atoms with Crippen LogP contribution in [-0.2, 0) is 4.66 Å². The molecule has 0 N–H and O–H groups in total. The molecule has 6 heteroatoms. The summed E-state index contributed by atoms with van der Waals surface area (Å²) in [6.07, 6.45) is 0. The highest BCUT2D eigenvalue weighted by atomic mass is 28.4. The van der Waals surface area contributed by atoms with Gasteiger partial charge in [-0.05, 0) is 140 Å². The first-order valence-corrected chi connectivity index (χ1v) is 32.6. The molecule has 4 nitrogen and oxygen atoms in total. The minimum atomic E-state index is -2.25. The van der Waals surface area contributed by atoms with E-state index in [0.717, 1.165) is 72.3 Å². The second kappa shape index (κ2) is 15.9. The van der Waals surface area contributed by atoms with Gasteiger partial charge < -0.3 is 18.6 Å². The van der Waals surface area contributed by atoms with Gasteiger partial charge in [0.25, 0.3) is 0 Å². The number of benzene rings is 11. The molecule has 0 radical (unpaired) electrons. The van der Waals surface area contributed by atoms with Crippen LogP contribution < -0.4 is 9.80 Å².